The summed E-state index contributed by atoms with van der Waals surface area (Å²) in [6.45, 7) is 2.94. The average molecular weight is 375 g/mol. The number of benzene rings is 1. The number of rotatable bonds is 4. The fourth-order valence-electron chi connectivity index (χ4n) is 3.42. The number of amides is 2. The van der Waals surface area contributed by atoms with Gasteiger partial charge in [-0.25, -0.2) is 0 Å². The topological polar surface area (TPSA) is 80.1 Å². The van der Waals surface area contributed by atoms with Crippen LogP contribution >= 0.6 is 0 Å². The number of hydrogen-bond donors (Lipinski definition) is 1. The Hall–Kier alpha value is -3.48. The maximum Gasteiger partial charge on any atom is 0.236 e. The summed E-state index contributed by atoms with van der Waals surface area (Å²) in [6, 6.07) is 15.5. The van der Waals surface area contributed by atoms with Crippen molar-refractivity contribution in [1.29, 1.82) is 0 Å². The van der Waals surface area contributed by atoms with Crippen molar-refractivity contribution in [2.45, 2.75) is 25.9 Å². The van der Waals surface area contributed by atoms with Crippen molar-refractivity contribution in [3.05, 3.63) is 77.7 Å². The molecular weight excluding hydrogens is 354 g/mol. The minimum atomic E-state index is -0.520. The molecule has 3 heterocycles. The van der Waals surface area contributed by atoms with E-state index in [2.05, 4.69) is 15.4 Å². The Morgan fingerprint density at radius 1 is 1.14 bits per heavy atom. The van der Waals surface area contributed by atoms with Crippen molar-refractivity contribution in [3.63, 3.8) is 0 Å². The number of aromatic nitrogens is 3. The van der Waals surface area contributed by atoms with E-state index in [-0.39, 0.29) is 11.8 Å². The van der Waals surface area contributed by atoms with Gasteiger partial charge in [0, 0.05) is 38.5 Å². The minimum Gasteiger partial charge on any atom is -0.337 e. The zero-order chi connectivity index (χ0) is 19.5. The van der Waals surface area contributed by atoms with Crippen LogP contribution in [0.25, 0.3) is 0 Å². The summed E-state index contributed by atoms with van der Waals surface area (Å²) in [5.41, 5.74) is 2.76. The number of carbonyl (C=O) groups excluding carboxylic acids is 2. The zero-order valence-corrected chi connectivity index (χ0v) is 15.6. The molecule has 2 aromatic heterocycles. The second-order valence-corrected chi connectivity index (χ2v) is 6.87. The standard InChI is InChI=1S/C21H21N5O2/c1-15(27)25-13-17-8-5-10-22-20(17)18(14-25)21(28)23-19-9-11-26(24-19)12-16-6-3-2-4-7-16/h2-11,18H,12-14H2,1H3,(H,23,24,28). The molecule has 1 aliphatic rings. The van der Waals surface area contributed by atoms with Crippen LogP contribution in [0.3, 0.4) is 0 Å². The van der Waals surface area contributed by atoms with Crippen molar-refractivity contribution < 1.29 is 9.59 Å². The van der Waals surface area contributed by atoms with Crippen LogP contribution in [0.5, 0.6) is 0 Å². The lowest BCUT2D eigenvalue weighted by atomic mass is 9.94. The van der Waals surface area contributed by atoms with Crippen LogP contribution in [-0.2, 0) is 22.7 Å². The van der Waals surface area contributed by atoms with Gasteiger partial charge in [-0.05, 0) is 17.2 Å². The van der Waals surface area contributed by atoms with Gasteiger partial charge >= 0.3 is 0 Å². The Morgan fingerprint density at radius 3 is 2.75 bits per heavy atom. The summed E-state index contributed by atoms with van der Waals surface area (Å²) in [4.78, 5) is 30.9. The molecule has 1 aromatic carbocycles. The number of nitrogens with one attached hydrogen (secondary N) is 1. The van der Waals surface area contributed by atoms with E-state index < -0.39 is 5.92 Å². The summed E-state index contributed by atoms with van der Waals surface area (Å²) >= 11 is 0. The SMILES string of the molecule is CC(=O)N1Cc2cccnc2C(C(=O)Nc2ccn(Cc3ccccc3)n2)C1. The molecule has 1 N–H and O–H groups in total. The van der Waals surface area contributed by atoms with Gasteiger partial charge in [-0.15, -0.1) is 0 Å². The molecule has 1 atom stereocenters. The smallest absolute Gasteiger partial charge is 0.236 e. The van der Waals surface area contributed by atoms with Crippen LogP contribution in [-0.4, -0.2) is 38.0 Å². The number of fused-ring (bicyclic) bond motifs is 1. The number of hydrogen-bond acceptors (Lipinski definition) is 4. The highest BCUT2D eigenvalue weighted by Gasteiger charge is 2.33. The molecule has 0 bridgehead atoms. The first-order valence-electron chi connectivity index (χ1n) is 9.17. The molecular formula is C21H21N5O2. The van der Waals surface area contributed by atoms with E-state index in [9.17, 15) is 9.59 Å². The molecule has 0 fully saturated rings. The normalized spacial score (nSPS) is 15.8. The maximum atomic E-state index is 12.9. The highest BCUT2D eigenvalue weighted by atomic mass is 16.2. The monoisotopic (exact) mass is 375 g/mol. The summed E-state index contributed by atoms with van der Waals surface area (Å²) in [5, 5.41) is 7.30. The lowest BCUT2D eigenvalue weighted by Gasteiger charge is -2.32. The predicted octanol–water partition coefficient (Wildman–Crippen LogP) is 2.41. The third-order valence-corrected chi connectivity index (χ3v) is 4.86. The summed E-state index contributed by atoms with van der Waals surface area (Å²) < 4.78 is 1.78. The van der Waals surface area contributed by atoms with Crippen molar-refractivity contribution in [1.82, 2.24) is 19.7 Å². The van der Waals surface area contributed by atoms with Crippen molar-refractivity contribution >= 4 is 17.6 Å². The van der Waals surface area contributed by atoms with Crippen LogP contribution in [0.15, 0.2) is 60.9 Å². The van der Waals surface area contributed by atoms with Gasteiger partial charge < -0.3 is 10.2 Å². The molecule has 3 aromatic rings. The predicted molar refractivity (Wildman–Crippen MR) is 104 cm³/mol. The second kappa shape index (κ2) is 7.64. The van der Waals surface area contributed by atoms with Gasteiger partial charge in [0.25, 0.3) is 0 Å². The van der Waals surface area contributed by atoms with Gasteiger partial charge in [0.05, 0.1) is 18.2 Å². The average Bonchev–Trinajstić information content (AvgIpc) is 3.14. The van der Waals surface area contributed by atoms with E-state index in [1.165, 1.54) is 6.92 Å². The Balaban J connectivity index is 1.50. The first-order valence-corrected chi connectivity index (χ1v) is 9.17. The van der Waals surface area contributed by atoms with Crippen LogP contribution < -0.4 is 5.32 Å². The second-order valence-electron chi connectivity index (χ2n) is 6.87. The van der Waals surface area contributed by atoms with Crippen LogP contribution in [0.4, 0.5) is 5.82 Å². The highest BCUT2D eigenvalue weighted by molar-refractivity contribution is 5.95. The first kappa shape index (κ1) is 17.9. The van der Waals surface area contributed by atoms with Gasteiger partial charge in [0.2, 0.25) is 11.8 Å². The van der Waals surface area contributed by atoms with Crippen molar-refractivity contribution in [2.75, 3.05) is 11.9 Å². The van der Waals surface area contributed by atoms with Crippen LogP contribution in [0.1, 0.15) is 29.7 Å². The molecule has 4 rings (SSSR count). The van der Waals surface area contributed by atoms with E-state index in [1.807, 2.05) is 48.7 Å². The molecule has 7 nitrogen and oxygen atoms in total. The first-order chi connectivity index (χ1) is 13.6. The fraction of sp³-hybridized carbons (Fsp3) is 0.238. The van der Waals surface area contributed by atoms with Crippen molar-refractivity contribution in [2.24, 2.45) is 0 Å². The summed E-state index contributed by atoms with van der Waals surface area (Å²) in [7, 11) is 0. The summed E-state index contributed by atoms with van der Waals surface area (Å²) in [6.07, 6.45) is 3.51. The zero-order valence-electron chi connectivity index (χ0n) is 15.6. The third-order valence-electron chi connectivity index (χ3n) is 4.86. The van der Waals surface area contributed by atoms with Gasteiger partial charge in [0.15, 0.2) is 5.82 Å². The molecule has 0 saturated heterocycles. The van der Waals surface area contributed by atoms with E-state index >= 15 is 0 Å². The molecule has 1 unspecified atom stereocenters. The molecule has 0 aliphatic carbocycles. The molecule has 142 valence electrons. The summed E-state index contributed by atoms with van der Waals surface area (Å²) in [5.74, 6) is -0.304. The van der Waals surface area contributed by atoms with Gasteiger partial charge in [0.1, 0.15) is 0 Å². The van der Waals surface area contributed by atoms with E-state index in [4.69, 9.17) is 0 Å². The molecule has 7 heteroatoms. The Morgan fingerprint density at radius 2 is 1.96 bits per heavy atom. The molecule has 2 amide bonds. The number of pyridine rings is 1. The minimum absolute atomic E-state index is 0.0561. The molecule has 1 aliphatic heterocycles. The van der Waals surface area contributed by atoms with Gasteiger partial charge in [-0.1, -0.05) is 36.4 Å². The largest absolute Gasteiger partial charge is 0.337 e. The van der Waals surface area contributed by atoms with E-state index in [0.717, 1.165) is 16.8 Å². The fourth-order valence-corrected chi connectivity index (χ4v) is 3.42. The van der Waals surface area contributed by atoms with Crippen LogP contribution in [0.2, 0.25) is 0 Å². The maximum absolute atomic E-state index is 12.9. The van der Waals surface area contributed by atoms with E-state index in [0.29, 0.717) is 25.5 Å². The number of anilines is 1. The molecule has 0 saturated carbocycles. The lowest BCUT2D eigenvalue weighted by Crippen LogP contribution is -2.41. The van der Waals surface area contributed by atoms with E-state index in [1.54, 1.807) is 21.8 Å². The lowest BCUT2D eigenvalue weighted by molar-refractivity contribution is -0.131. The molecule has 0 spiro atoms. The Kier molecular flexibility index (Phi) is 4.89. The Bertz CT molecular complexity index is 999. The van der Waals surface area contributed by atoms with Gasteiger partial charge in [-0.3, -0.25) is 19.3 Å². The van der Waals surface area contributed by atoms with Gasteiger partial charge in [-0.2, -0.15) is 5.10 Å². The number of nitrogens with zero attached hydrogens (tertiary/aromatic N) is 4. The van der Waals surface area contributed by atoms with Crippen molar-refractivity contribution in [3.8, 4) is 0 Å². The highest BCUT2D eigenvalue weighted by Crippen LogP contribution is 2.27. The molecule has 28 heavy (non-hydrogen) atoms. The molecule has 0 radical (unpaired) electrons. The van der Waals surface area contributed by atoms with Crippen LogP contribution in [0, 0.1) is 0 Å². The Labute approximate surface area is 163 Å². The number of carbonyl (C=O) groups is 2. The third kappa shape index (κ3) is 3.78. The quantitative estimate of drug-likeness (QED) is 0.759.